The molecule has 4 rings (SSSR count). The maximum atomic E-state index is 12.7. The fourth-order valence-electron chi connectivity index (χ4n) is 4.90. The normalized spacial score (nSPS) is 23.9. The molecule has 2 nitrogen and oxygen atoms in total. The molecule has 2 aromatic rings. The molecule has 1 aliphatic carbocycles. The predicted octanol–water partition coefficient (Wildman–Crippen LogP) is 6.82. The van der Waals surface area contributed by atoms with E-state index in [2.05, 4.69) is 24.0 Å². The van der Waals surface area contributed by atoms with Crippen molar-refractivity contribution in [3.05, 3.63) is 64.7 Å². The van der Waals surface area contributed by atoms with Gasteiger partial charge in [-0.1, -0.05) is 37.1 Å². The standard InChI is InChI=1S/C25H29ClF3NO/c1-18-11-14-30(17-24(12-2-13-24)20-3-7-22(26)8-4-20)15-19(18)16-31-23-9-5-21(6-10-23)25(27,28)29/h3-10,18-19H,2,11-17H2,1H3/t18-,19-/m0/s1. The van der Waals surface area contributed by atoms with Crippen molar-refractivity contribution in [2.75, 3.05) is 26.2 Å². The molecule has 6 heteroatoms. The summed E-state index contributed by atoms with van der Waals surface area (Å²) in [6.45, 7) is 5.84. The molecular formula is C25H29ClF3NO. The second-order valence-corrected chi connectivity index (χ2v) is 9.67. The van der Waals surface area contributed by atoms with Crippen molar-refractivity contribution >= 4 is 11.6 Å². The average Bonchev–Trinajstić information content (AvgIpc) is 2.71. The lowest BCUT2D eigenvalue weighted by Crippen LogP contribution is -2.50. The van der Waals surface area contributed by atoms with Crippen LogP contribution in [0.1, 0.15) is 43.7 Å². The Balaban J connectivity index is 1.36. The van der Waals surface area contributed by atoms with Crippen LogP contribution in [-0.2, 0) is 11.6 Å². The van der Waals surface area contributed by atoms with Crippen LogP contribution in [-0.4, -0.2) is 31.1 Å². The van der Waals surface area contributed by atoms with Gasteiger partial charge in [0.15, 0.2) is 0 Å². The van der Waals surface area contributed by atoms with Crippen LogP contribution in [0, 0.1) is 11.8 Å². The van der Waals surface area contributed by atoms with Crippen LogP contribution in [0.15, 0.2) is 48.5 Å². The molecule has 168 valence electrons. The maximum absolute atomic E-state index is 12.7. The first-order valence-electron chi connectivity index (χ1n) is 11.0. The van der Waals surface area contributed by atoms with Crippen LogP contribution < -0.4 is 4.74 Å². The summed E-state index contributed by atoms with van der Waals surface area (Å²) in [5.41, 5.74) is 0.939. The summed E-state index contributed by atoms with van der Waals surface area (Å²) in [7, 11) is 0. The number of ether oxygens (including phenoxy) is 1. The third-order valence-corrected chi connectivity index (χ3v) is 7.39. The second kappa shape index (κ2) is 9.03. The van der Waals surface area contributed by atoms with Gasteiger partial charge in [-0.25, -0.2) is 0 Å². The summed E-state index contributed by atoms with van der Waals surface area (Å²) >= 11 is 6.09. The van der Waals surface area contributed by atoms with E-state index < -0.39 is 11.7 Å². The average molecular weight is 452 g/mol. The number of piperidine rings is 1. The first-order valence-corrected chi connectivity index (χ1v) is 11.4. The molecule has 0 amide bonds. The van der Waals surface area contributed by atoms with Crippen LogP contribution in [0.25, 0.3) is 0 Å². The predicted molar refractivity (Wildman–Crippen MR) is 118 cm³/mol. The minimum atomic E-state index is -4.32. The molecule has 2 aromatic carbocycles. The van der Waals surface area contributed by atoms with Gasteiger partial charge < -0.3 is 9.64 Å². The molecule has 1 heterocycles. The van der Waals surface area contributed by atoms with Gasteiger partial charge in [0.1, 0.15) is 5.75 Å². The van der Waals surface area contributed by atoms with Gasteiger partial charge in [0, 0.05) is 29.4 Å². The highest BCUT2D eigenvalue weighted by molar-refractivity contribution is 6.30. The summed E-state index contributed by atoms with van der Waals surface area (Å²) in [5, 5.41) is 0.769. The first kappa shape index (κ1) is 22.5. The summed E-state index contributed by atoms with van der Waals surface area (Å²) in [5.74, 6) is 1.38. The number of benzene rings is 2. The highest BCUT2D eigenvalue weighted by Gasteiger charge is 2.41. The summed E-state index contributed by atoms with van der Waals surface area (Å²) in [6.07, 6.45) is 0.449. The Hall–Kier alpha value is -1.72. The lowest BCUT2D eigenvalue weighted by molar-refractivity contribution is -0.137. The van der Waals surface area contributed by atoms with E-state index in [-0.39, 0.29) is 5.41 Å². The minimum absolute atomic E-state index is 0.212. The van der Waals surface area contributed by atoms with Gasteiger partial charge >= 0.3 is 6.18 Å². The zero-order valence-corrected chi connectivity index (χ0v) is 18.6. The van der Waals surface area contributed by atoms with Crippen LogP contribution in [0.5, 0.6) is 5.75 Å². The lowest BCUT2D eigenvalue weighted by atomic mass is 9.64. The number of hydrogen-bond donors (Lipinski definition) is 0. The van der Waals surface area contributed by atoms with Crippen molar-refractivity contribution in [3.8, 4) is 5.75 Å². The quantitative estimate of drug-likeness (QED) is 0.478. The molecule has 1 saturated carbocycles. The number of alkyl halides is 3. The second-order valence-electron chi connectivity index (χ2n) is 9.24. The van der Waals surface area contributed by atoms with Gasteiger partial charge in [-0.15, -0.1) is 0 Å². The van der Waals surface area contributed by atoms with Crippen molar-refractivity contribution in [1.29, 1.82) is 0 Å². The monoisotopic (exact) mass is 451 g/mol. The Labute approximate surface area is 187 Å². The topological polar surface area (TPSA) is 12.5 Å². The van der Waals surface area contributed by atoms with E-state index in [1.807, 2.05) is 12.1 Å². The van der Waals surface area contributed by atoms with Gasteiger partial charge in [-0.3, -0.25) is 0 Å². The number of nitrogens with zero attached hydrogens (tertiary/aromatic N) is 1. The van der Waals surface area contributed by atoms with E-state index in [9.17, 15) is 13.2 Å². The van der Waals surface area contributed by atoms with Gasteiger partial charge in [0.25, 0.3) is 0 Å². The highest BCUT2D eigenvalue weighted by atomic mass is 35.5. The SMILES string of the molecule is C[C@H]1CCN(CC2(c3ccc(Cl)cc3)CCC2)C[C@H]1COc1ccc(C(F)(F)F)cc1. The molecule has 0 N–H and O–H groups in total. The molecule has 2 aliphatic rings. The van der Waals surface area contributed by atoms with Crippen molar-refractivity contribution < 1.29 is 17.9 Å². The van der Waals surface area contributed by atoms with E-state index in [1.54, 1.807) is 0 Å². The number of likely N-dealkylation sites (tertiary alicyclic amines) is 1. The number of rotatable bonds is 6. The fraction of sp³-hybridized carbons (Fsp3) is 0.520. The Morgan fingerprint density at radius 1 is 1.06 bits per heavy atom. The summed E-state index contributed by atoms with van der Waals surface area (Å²) < 4.78 is 44.1. The van der Waals surface area contributed by atoms with E-state index in [4.69, 9.17) is 16.3 Å². The summed E-state index contributed by atoms with van der Waals surface area (Å²) in [4.78, 5) is 2.55. The molecule has 31 heavy (non-hydrogen) atoms. The molecule has 1 aliphatic heterocycles. The zero-order valence-electron chi connectivity index (χ0n) is 17.8. The number of halogens is 4. The molecule has 2 atom stereocenters. The van der Waals surface area contributed by atoms with Gasteiger partial charge in [0.05, 0.1) is 12.2 Å². The first-order chi connectivity index (χ1) is 14.7. The van der Waals surface area contributed by atoms with Crippen LogP contribution in [0.2, 0.25) is 5.02 Å². The molecule has 0 radical (unpaired) electrons. The van der Waals surface area contributed by atoms with Crippen molar-refractivity contribution in [3.63, 3.8) is 0 Å². The summed E-state index contributed by atoms with van der Waals surface area (Å²) in [6, 6.07) is 13.3. The third-order valence-electron chi connectivity index (χ3n) is 7.14. The smallest absolute Gasteiger partial charge is 0.416 e. The fourth-order valence-corrected chi connectivity index (χ4v) is 5.03. The van der Waals surface area contributed by atoms with Gasteiger partial charge in [-0.05, 0) is 73.7 Å². The zero-order chi connectivity index (χ0) is 22.1. The van der Waals surface area contributed by atoms with Crippen molar-refractivity contribution in [2.45, 2.75) is 44.2 Å². The molecule has 0 bridgehead atoms. The van der Waals surface area contributed by atoms with Crippen molar-refractivity contribution in [1.82, 2.24) is 4.90 Å². The van der Waals surface area contributed by atoms with Crippen LogP contribution >= 0.6 is 11.6 Å². The Bertz CT molecular complexity index is 862. The largest absolute Gasteiger partial charge is 0.493 e. The van der Waals surface area contributed by atoms with Crippen molar-refractivity contribution in [2.24, 2.45) is 11.8 Å². The maximum Gasteiger partial charge on any atom is 0.416 e. The van der Waals surface area contributed by atoms with Gasteiger partial charge in [0.2, 0.25) is 0 Å². The van der Waals surface area contributed by atoms with E-state index in [0.29, 0.717) is 24.2 Å². The Morgan fingerprint density at radius 2 is 1.74 bits per heavy atom. The van der Waals surface area contributed by atoms with E-state index in [1.165, 1.54) is 37.0 Å². The van der Waals surface area contributed by atoms with Gasteiger partial charge in [-0.2, -0.15) is 13.2 Å². The molecule has 0 unspecified atom stereocenters. The minimum Gasteiger partial charge on any atom is -0.493 e. The molecular weight excluding hydrogens is 423 g/mol. The Kier molecular flexibility index (Phi) is 6.55. The molecule has 0 spiro atoms. The third kappa shape index (κ3) is 5.20. The molecule has 2 fully saturated rings. The van der Waals surface area contributed by atoms with Crippen LogP contribution in [0.4, 0.5) is 13.2 Å². The van der Waals surface area contributed by atoms with Crippen LogP contribution in [0.3, 0.4) is 0 Å². The van der Waals surface area contributed by atoms with E-state index in [0.717, 1.165) is 43.2 Å². The molecule has 1 saturated heterocycles. The molecule has 0 aromatic heterocycles. The Morgan fingerprint density at radius 3 is 2.32 bits per heavy atom. The number of hydrogen-bond acceptors (Lipinski definition) is 2. The lowest BCUT2D eigenvalue weighted by Gasteiger charge is -2.48. The van der Waals surface area contributed by atoms with E-state index >= 15 is 0 Å². The highest BCUT2D eigenvalue weighted by Crippen LogP contribution is 2.45.